The molecular weight excluding hydrogens is 230 g/mol. The second-order valence-corrected chi connectivity index (χ2v) is 5.18. The molecule has 0 aromatic rings. The van der Waals surface area contributed by atoms with E-state index >= 15 is 0 Å². The molecule has 1 aliphatic rings. The van der Waals surface area contributed by atoms with Gasteiger partial charge in [0.25, 0.3) is 0 Å². The van der Waals surface area contributed by atoms with E-state index in [0.717, 1.165) is 6.42 Å². The normalized spacial score (nSPS) is 26.4. The number of rotatable bonds is 5. The van der Waals surface area contributed by atoms with Crippen LogP contribution >= 0.6 is 0 Å². The van der Waals surface area contributed by atoms with Gasteiger partial charge in [-0.25, -0.2) is 0 Å². The predicted molar refractivity (Wildman–Crippen MR) is 70.0 cm³/mol. The Morgan fingerprint density at radius 3 is 2.33 bits per heavy atom. The number of carbonyl (C=O) groups excluding carboxylic acids is 1. The average molecular weight is 253 g/mol. The van der Waals surface area contributed by atoms with Crippen LogP contribution in [0, 0.1) is 17.8 Å². The summed E-state index contributed by atoms with van der Waals surface area (Å²) >= 11 is 0. The third-order valence-electron chi connectivity index (χ3n) is 3.95. The molecule has 0 heterocycles. The summed E-state index contributed by atoms with van der Waals surface area (Å²) in [6.45, 7) is 6.14. The zero-order valence-corrected chi connectivity index (χ0v) is 11.3. The Morgan fingerprint density at radius 1 is 1.28 bits per heavy atom. The van der Waals surface area contributed by atoms with Gasteiger partial charge in [0.2, 0.25) is 5.91 Å². The van der Waals surface area contributed by atoms with E-state index in [9.17, 15) is 9.59 Å². The van der Waals surface area contributed by atoms with Gasteiger partial charge in [0.1, 0.15) is 0 Å². The number of nitrogens with one attached hydrogen (secondary N) is 1. The number of carboxylic acids is 1. The maximum Gasteiger partial charge on any atom is 0.307 e. The highest BCUT2D eigenvalue weighted by Crippen LogP contribution is 2.26. The summed E-state index contributed by atoms with van der Waals surface area (Å²) in [6.07, 6.45) is 5.72. The van der Waals surface area contributed by atoms with Crippen LogP contribution in [-0.4, -0.2) is 23.0 Å². The van der Waals surface area contributed by atoms with Crippen LogP contribution < -0.4 is 5.32 Å². The van der Waals surface area contributed by atoms with E-state index in [2.05, 4.69) is 19.2 Å². The number of carboxylic acid groups (broad SMARTS) is 1. The molecule has 4 unspecified atom stereocenters. The van der Waals surface area contributed by atoms with Crippen LogP contribution in [0.15, 0.2) is 12.2 Å². The zero-order chi connectivity index (χ0) is 13.7. The number of hydrogen-bond donors (Lipinski definition) is 2. The Hall–Kier alpha value is -1.32. The highest BCUT2D eigenvalue weighted by molar-refractivity contribution is 5.85. The molecule has 0 aromatic carbocycles. The first-order valence-corrected chi connectivity index (χ1v) is 6.65. The molecule has 18 heavy (non-hydrogen) atoms. The first-order chi connectivity index (χ1) is 8.47. The Labute approximate surface area is 108 Å². The van der Waals surface area contributed by atoms with Crippen molar-refractivity contribution >= 4 is 11.9 Å². The second-order valence-electron chi connectivity index (χ2n) is 5.18. The summed E-state index contributed by atoms with van der Waals surface area (Å²) in [5, 5.41) is 12.1. The minimum atomic E-state index is -0.879. The van der Waals surface area contributed by atoms with E-state index in [1.54, 1.807) is 0 Å². The van der Waals surface area contributed by atoms with Crippen molar-refractivity contribution in [1.82, 2.24) is 5.32 Å². The lowest BCUT2D eigenvalue weighted by atomic mass is 9.82. The van der Waals surface area contributed by atoms with Gasteiger partial charge in [0, 0.05) is 6.04 Å². The van der Waals surface area contributed by atoms with Gasteiger partial charge in [-0.15, -0.1) is 0 Å². The van der Waals surface area contributed by atoms with Gasteiger partial charge in [-0.05, 0) is 25.7 Å². The first-order valence-electron chi connectivity index (χ1n) is 6.65. The molecule has 4 heteroatoms. The maximum atomic E-state index is 12.1. The molecule has 0 radical (unpaired) electrons. The summed E-state index contributed by atoms with van der Waals surface area (Å²) < 4.78 is 0. The Morgan fingerprint density at radius 2 is 1.83 bits per heavy atom. The van der Waals surface area contributed by atoms with Crippen LogP contribution in [0.1, 0.15) is 40.0 Å². The number of amides is 1. The van der Waals surface area contributed by atoms with Crippen molar-refractivity contribution in [2.45, 2.75) is 46.1 Å². The SMILES string of the molecule is CCC(C)C(C)NC(=O)C1CC=CCC1C(=O)O. The fourth-order valence-electron chi connectivity index (χ4n) is 2.20. The van der Waals surface area contributed by atoms with Crippen LogP contribution in [0.3, 0.4) is 0 Å². The van der Waals surface area contributed by atoms with Crippen molar-refractivity contribution in [3.63, 3.8) is 0 Å². The molecule has 1 rings (SSSR count). The molecule has 0 bridgehead atoms. The van der Waals surface area contributed by atoms with Crippen molar-refractivity contribution in [3.05, 3.63) is 12.2 Å². The Balaban J connectivity index is 2.64. The molecule has 0 saturated carbocycles. The minimum Gasteiger partial charge on any atom is -0.481 e. The maximum absolute atomic E-state index is 12.1. The second kappa shape index (κ2) is 6.57. The van der Waals surface area contributed by atoms with Gasteiger partial charge in [-0.1, -0.05) is 32.4 Å². The van der Waals surface area contributed by atoms with Gasteiger partial charge in [0.15, 0.2) is 0 Å². The number of allylic oxidation sites excluding steroid dienone is 2. The van der Waals surface area contributed by atoms with Crippen LogP contribution in [-0.2, 0) is 9.59 Å². The Kier molecular flexibility index (Phi) is 5.38. The summed E-state index contributed by atoms with van der Waals surface area (Å²) in [5.41, 5.74) is 0. The standard InChI is InChI=1S/C14H23NO3/c1-4-9(2)10(3)15-13(16)11-7-5-6-8-12(11)14(17)18/h5-6,9-12H,4,7-8H2,1-3H3,(H,15,16)(H,17,18). The van der Waals surface area contributed by atoms with E-state index < -0.39 is 17.8 Å². The van der Waals surface area contributed by atoms with Crippen LogP contribution in [0.5, 0.6) is 0 Å². The fourth-order valence-corrected chi connectivity index (χ4v) is 2.20. The number of aliphatic carboxylic acids is 1. The van der Waals surface area contributed by atoms with Crippen molar-refractivity contribution in [2.24, 2.45) is 17.8 Å². The van der Waals surface area contributed by atoms with E-state index in [-0.39, 0.29) is 11.9 Å². The van der Waals surface area contributed by atoms with E-state index in [1.807, 2.05) is 19.1 Å². The number of hydrogen-bond acceptors (Lipinski definition) is 2. The lowest BCUT2D eigenvalue weighted by molar-refractivity contribution is -0.147. The molecule has 1 aliphatic carbocycles. The average Bonchev–Trinajstić information content (AvgIpc) is 2.37. The molecule has 0 aromatic heterocycles. The van der Waals surface area contributed by atoms with E-state index in [1.165, 1.54) is 0 Å². The van der Waals surface area contributed by atoms with Gasteiger partial charge < -0.3 is 10.4 Å². The van der Waals surface area contributed by atoms with E-state index in [4.69, 9.17) is 5.11 Å². The Bertz CT molecular complexity index is 338. The summed E-state index contributed by atoms with van der Waals surface area (Å²) in [7, 11) is 0. The van der Waals surface area contributed by atoms with Crippen molar-refractivity contribution in [3.8, 4) is 0 Å². The minimum absolute atomic E-state index is 0.0860. The highest BCUT2D eigenvalue weighted by Gasteiger charge is 2.34. The molecule has 0 saturated heterocycles. The molecule has 0 fully saturated rings. The van der Waals surface area contributed by atoms with Crippen molar-refractivity contribution in [2.75, 3.05) is 0 Å². The first kappa shape index (κ1) is 14.7. The van der Waals surface area contributed by atoms with Crippen molar-refractivity contribution < 1.29 is 14.7 Å². The highest BCUT2D eigenvalue weighted by atomic mass is 16.4. The fraction of sp³-hybridized carbons (Fsp3) is 0.714. The molecule has 4 atom stereocenters. The van der Waals surface area contributed by atoms with Crippen LogP contribution in [0.25, 0.3) is 0 Å². The van der Waals surface area contributed by atoms with E-state index in [0.29, 0.717) is 18.8 Å². The molecule has 2 N–H and O–H groups in total. The largest absolute Gasteiger partial charge is 0.481 e. The molecule has 4 nitrogen and oxygen atoms in total. The van der Waals surface area contributed by atoms with Crippen LogP contribution in [0.4, 0.5) is 0 Å². The van der Waals surface area contributed by atoms with Gasteiger partial charge >= 0.3 is 5.97 Å². The molecular formula is C14H23NO3. The predicted octanol–water partition coefficient (Wildman–Crippen LogP) is 2.20. The quantitative estimate of drug-likeness (QED) is 0.738. The van der Waals surface area contributed by atoms with Crippen molar-refractivity contribution in [1.29, 1.82) is 0 Å². The molecule has 1 amide bonds. The third kappa shape index (κ3) is 3.59. The molecule has 0 spiro atoms. The lowest BCUT2D eigenvalue weighted by Gasteiger charge is -2.27. The molecule has 102 valence electrons. The van der Waals surface area contributed by atoms with Gasteiger partial charge in [0.05, 0.1) is 11.8 Å². The number of carbonyl (C=O) groups is 2. The van der Waals surface area contributed by atoms with Gasteiger partial charge in [-0.2, -0.15) is 0 Å². The monoisotopic (exact) mass is 253 g/mol. The topological polar surface area (TPSA) is 66.4 Å². The smallest absolute Gasteiger partial charge is 0.307 e. The zero-order valence-electron chi connectivity index (χ0n) is 11.3. The molecule has 0 aliphatic heterocycles. The van der Waals surface area contributed by atoms with Gasteiger partial charge in [-0.3, -0.25) is 9.59 Å². The summed E-state index contributed by atoms with van der Waals surface area (Å²) in [4.78, 5) is 23.3. The lowest BCUT2D eigenvalue weighted by Crippen LogP contribution is -2.44. The summed E-state index contributed by atoms with van der Waals surface area (Å²) in [6, 6.07) is 0.0860. The summed E-state index contributed by atoms with van der Waals surface area (Å²) in [5.74, 6) is -1.62. The third-order valence-corrected chi connectivity index (χ3v) is 3.95. The van der Waals surface area contributed by atoms with Crippen LogP contribution in [0.2, 0.25) is 0 Å².